The van der Waals surface area contributed by atoms with Crippen LogP contribution in [0, 0.1) is 5.82 Å². The van der Waals surface area contributed by atoms with Crippen LogP contribution in [-0.2, 0) is 17.8 Å². The van der Waals surface area contributed by atoms with E-state index in [0.717, 1.165) is 42.9 Å². The molecule has 10 nitrogen and oxygen atoms in total. The van der Waals surface area contributed by atoms with E-state index in [0.29, 0.717) is 17.9 Å². The molecule has 1 atom stereocenters. The van der Waals surface area contributed by atoms with Gasteiger partial charge in [0.2, 0.25) is 11.9 Å². The van der Waals surface area contributed by atoms with E-state index >= 15 is 0 Å². The Balaban J connectivity index is 1.35. The van der Waals surface area contributed by atoms with Gasteiger partial charge in [0.25, 0.3) is 0 Å². The molecule has 3 aromatic rings. The van der Waals surface area contributed by atoms with Crippen molar-refractivity contribution in [3.8, 4) is 5.75 Å². The summed E-state index contributed by atoms with van der Waals surface area (Å²) in [6.45, 7) is 7.59. The van der Waals surface area contributed by atoms with Crippen LogP contribution in [0.2, 0.25) is 0 Å². The third-order valence-electron chi connectivity index (χ3n) is 7.38. The molecule has 1 unspecified atom stereocenters. The van der Waals surface area contributed by atoms with E-state index in [1.165, 1.54) is 37.6 Å². The molecular weight excluding hydrogens is 551 g/mol. The molecule has 4 rings (SSSR count). The number of rotatable bonds is 14. The van der Waals surface area contributed by atoms with Crippen molar-refractivity contribution in [2.45, 2.75) is 65.0 Å². The number of piperidine rings is 1. The molecule has 43 heavy (non-hydrogen) atoms. The van der Waals surface area contributed by atoms with Crippen molar-refractivity contribution in [2.24, 2.45) is 0 Å². The highest BCUT2D eigenvalue weighted by molar-refractivity contribution is 5.85. The van der Waals surface area contributed by atoms with Crippen LogP contribution in [0.15, 0.2) is 54.7 Å². The largest absolute Gasteiger partial charge is 0.490 e. The second-order valence-corrected chi connectivity index (χ2v) is 10.9. The molecule has 0 spiro atoms. The van der Waals surface area contributed by atoms with Crippen LogP contribution in [0.5, 0.6) is 5.75 Å². The first kappa shape index (κ1) is 31.7. The van der Waals surface area contributed by atoms with Crippen LogP contribution in [0.4, 0.5) is 26.6 Å². The molecule has 0 saturated carbocycles. The Morgan fingerprint density at radius 1 is 1.12 bits per heavy atom. The van der Waals surface area contributed by atoms with Gasteiger partial charge in [0.05, 0.1) is 19.6 Å². The lowest BCUT2D eigenvalue weighted by Crippen LogP contribution is -2.33. The maximum atomic E-state index is 14.8. The summed E-state index contributed by atoms with van der Waals surface area (Å²) in [4.78, 5) is 36.5. The molecule has 1 fully saturated rings. The molecule has 0 radical (unpaired) electrons. The SMILES string of the molecule is CCC(C)NC(=O)Cc1cccc(CN(C(=O)O)c2ccnc(Nc3ccc(OCCCN4CCCCC4)c(F)c3)n2)c1. The van der Waals surface area contributed by atoms with Gasteiger partial charge < -0.3 is 25.4 Å². The van der Waals surface area contributed by atoms with Gasteiger partial charge >= 0.3 is 6.09 Å². The number of nitrogens with one attached hydrogen (secondary N) is 2. The monoisotopic (exact) mass is 592 g/mol. The number of amides is 2. The average Bonchev–Trinajstić information content (AvgIpc) is 2.99. The molecule has 11 heteroatoms. The van der Waals surface area contributed by atoms with Gasteiger partial charge in [-0.25, -0.2) is 14.2 Å². The van der Waals surface area contributed by atoms with E-state index in [4.69, 9.17) is 4.74 Å². The van der Waals surface area contributed by atoms with Crippen molar-refractivity contribution < 1.29 is 23.8 Å². The Morgan fingerprint density at radius 3 is 2.65 bits per heavy atom. The summed E-state index contributed by atoms with van der Waals surface area (Å²) >= 11 is 0. The van der Waals surface area contributed by atoms with Gasteiger partial charge in [0.1, 0.15) is 5.82 Å². The summed E-state index contributed by atoms with van der Waals surface area (Å²) in [7, 11) is 0. The van der Waals surface area contributed by atoms with Gasteiger partial charge in [-0.2, -0.15) is 4.98 Å². The highest BCUT2D eigenvalue weighted by atomic mass is 19.1. The van der Waals surface area contributed by atoms with Gasteiger partial charge in [-0.15, -0.1) is 0 Å². The minimum Gasteiger partial charge on any atom is -0.490 e. The molecule has 2 amide bonds. The number of nitrogens with zero attached hydrogens (tertiary/aromatic N) is 4. The highest BCUT2D eigenvalue weighted by Crippen LogP contribution is 2.24. The minimum atomic E-state index is -1.20. The quantitative estimate of drug-likeness (QED) is 0.202. The third-order valence-corrected chi connectivity index (χ3v) is 7.38. The van der Waals surface area contributed by atoms with Crippen LogP contribution in [0.3, 0.4) is 0 Å². The smallest absolute Gasteiger partial charge is 0.413 e. The maximum Gasteiger partial charge on any atom is 0.413 e. The van der Waals surface area contributed by atoms with Crippen molar-refractivity contribution >= 4 is 29.5 Å². The van der Waals surface area contributed by atoms with Crippen molar-refractivity contribution in [3.63, 3.8) is 0 Å². The molecule has 0 aliphatic carbocycles. The lowest BCUT2D eigenvalue weighted by atomic mass is 10.1. The molecule has 230 valence electrons. The van der Waals surface area contributed by atoms with Gasteiger partial charge in [0, 0.05) is 30.5 Å². The van der Waals surface area contributed by atoms with E-state index in [9.17, 15) is 19.1 Å². The van der Waals surface area contributed by atoms with Crippen molar-refractivity contribution in [1.29, 1.82) is 0 Å². The molecule has 3 N–H and O–H groups in total. The predicted molar refractivity (Wildman–Crippen MR) is 164 cm³/mol. The van der Waals surface area contributed by atoms with Crippen LogP contribution in [0.25, 0.3) is 0 Å². The Bertz CT molecular complexity index is 1370. The topological polar surface area (TPSA) is 120 Å². The molecule has 2 aromatic carbocycles. The standard InChI is InChI=1S/C32H41FN6O4/c1-3-23(2)35-30(40)20-24-9-7-10-25(19-24)22-39(32(41)42)29-13-14-34-31(37-29)36-26-11-12-28(27(33)21-26)43-18-8-17-38-15-5-4-6-16-38/h7,9-14,19,21,23H,3-6,8,15-18,20,22H2,1-2H3,(H,35,40)(H,41,42)(H,34,36,37). The number of aromatic nitrogens is 2. The Morgan fingerprint density at radius 2 is 1.91 bits per heavy atom. The predicted octanol–water partition coefficient (Wildman–Crippen LogP) is 5.76. The number of anilines is 3. The molecule has 1 aromatic heterocycles. The molecule has 1 saturated heterocycles. The number of halogens is 1. The first-order valence-electron chi connectivity index (χ1n) is 14.9. The fourth-order valence-corrected chi connectivity index (χ4v) is 4.92. The molecular formula is C32H41FN6O4. The van der Waals surface area contributed by atoms with E-state index in [-0.39, 0.29) is 42.4 Å². The maximum absolute atomic E-state index is 14.8. The second kappa shape index (κ2) is 15.8. The number of hydrogen-bond acceptors (Lipinski definition) is 7. The summed E-state index contributed by atoms with van der Waals surface area (Å²) in [6.07, 6.45) is 5.87. The van der Waals surface area contributed by atoms with Crippen LogP contribution in [-0.4, -0.2) is 64.3 Å². The molecule has 1 aliphatic heterocycles. The zero-order valence-electron chi connectivity index (χ0n) is 24.9. The van der Waals surface area contributed by atoms with Crippen molar-refractivity contribution in [2.75, 3.05) is 36.5 Å². The highest BCUT2D eigenvalue weighted by Gasteiger charge is 2.18. The van der Waals surface area contributed by atoms with Gasteiger partial charge in [0.15, 0.2) is 11.6 Å². The number of carboxylic acid groups (broad SMARTS) is 1. The lowest BCUT2D eigenvalue weighted by molar-refractivity contribution is -0.121. The molecule has 0 bridgehead atoms. The van der Waals surface area contributed by atoms with Crippen LogP contribution < -0.4 is 20.3 Å². The van der Waals surface area contributed by atoms with E-state index in [1.807, 2.05) is 26.0 Å². The number of ether oxygens (including phenoxy) is 1. The first-order chi connectivity index (χ1) is 20.8. The zero-order chi connectivity index (χ0) is 30.6. The van der Waals surface area contributed by atoms with Crippen molar-refractivity contribution in [1.82, 2.24) is 20.2 Å². The summed E-state index contributed by atoms with van der Waals surface area (Å²) in [5.74, 6) is -0.149. The van der Waals surface area contributed by atoms with Gasteiger partial charge in [-0.1, -0.05) is 37.6 Å². The van der Waals surface area contributed by atoms with Crippen LogP contribution >= 0.6 is 0 Å². The fourth-order valence-electron chi connectivity index (χ4n) is 4.92. The van der Waals surface area contributed by atoms with Crippen LogP contribution in [0.1, 0.15) is 57.1 Å². The Hall–Kier alpha value is -4.25. The third kappa shape index (κ3) is 9.92. The van der Waals surface area contributed by atoms with Gasteiger partial charge in [-0.3, -0.25) is 9.69 Å². The minimum absolute atomic E-state index is 0.0189. The van der Waals surface area contributed by atoms with E-state index in [1.54, 1.807) is 24.3 Å². The number of carbonyl (C=O) groups excluding carboxylic acids is 1. The number of likely N-dealkylation sites (tertiary alicyclic amines) is 1. The number of carbonyl (C=O) groups is 2. The summed E-state index contributed by atoms with van der Waals surface area (Å²) in [5, 5.41) is 15.8. The zero-order valence-corrected chi connectivity index (χ0v) is 24.9. The first-order valence-corrected chi connectivity index (χ1v) is 14.9. The van der Waals surface area contributed by atoms with E-state index < -0.39 is 11.9 Å². The van der Waals surface area contributed by atoms with Crippen molar-refractivity contribution in [3.05, 3.63) is 71.7 Å². The fraction of sp³-hybridized carbons (Fsp3) is 0.438. The van der Waals surface area contributed by atoms with Gasteiger partial charge in [-0.05, 0) is 75.0 Å². The number of benzene rings is 2. The number of hydrogen-bond donors (Lipinski definition) is 3. The average molecular weight is 593 g/mol. The molecule has 2 heterocycles. The summed E-state index contributed by atoms with van der Waals surface area (Å²) in [5.41, 5.74) is 1.89. The summed E-state index contributed by atoms with van der Waals surface area (Å²) in [6, 6.07) is 13.3. The normalized spacial score (nSPS) is 14.1. The molecule has 1 aliphatic rings. The Labute approximate surface area is 252 Å². The second-order valence-electron chi connectivity index (χ2n) is 10.9. The summed E-state index contributed by atoms with van der Waals surface area (Å²) < 4.78 is 20.4. The Kier molecular flexibility index (Phi) is 11.7. The lowest BCUT2D eigenvalue weighted by Gasteiger charge is -2.26. The van der Waals surface area contributed by atoms with E-state index in [2.05, 4.69) is 25.5 Å².